The zero-order valence-corrected chi connectivity index (χ0v) is 27.8. The van der Waals surface area contributed by atoms with Gasteiger partial charge in [-0.3, -0.25) is 0 Å². The van der Waals surface area contributed by atoms with Gasteiger partial charge < -0.3 is 10.6 Å². The molecule has 0 aromatic heterocycles. The molecule has 1 aliphatic heterocycles. The summed E-state index contributed by atoms with van der Waals surface area (Å²) < 4.78 is 0. The Hall–Kier alpha value is -4.30. The number of hydrogen-bond donors (Lipinski definition) is 2. The van der Waals surface area contributed by atoms with Gasteiger partial charge in [-0.1, -0.05) is 132 Å². The van der Waals surface area contributed by atoms with Crippen LogP contribution in [-0.2, 0) is 6.42 Å². The van der Waals surface area contributed by atoms with E-state index in [1.165, 1.54) is 33.4 Å². The summed E-state index contributed by atoms with van der Waals surface area (Å²) in [7, 11) is 0. The van der Waals surface area contributed by atoms with E-state index >= 15 is 0 Å². The molecule has 0 amide bonds. The smallest absolute Gasteiger partial charge is 0.0782 e. The lowest BCUT2D eigenvalue weighted by Crippen LogP contribution is -2.36. The standard InChI is InChI=1S/C30H32N2.C7H10.2C2H6/c1-6-23-20-31-28-14-10-11-15-29(28)32-30(5,7-2)27-19-25(16-17-26(23)27)22(4)18-24-13-9-8-12-21(24)3;1-3-5-7-6-4-2;2*1-2/h6-15,19-20,31-32H,1-2,4,16-18H2,3,5H3;3-7H,1H2,2H3;2*1-2H3/b23-20-;6-4-,7-5-;;. The fourth-order valence-corrected chi connectivity index (χ4v) is 4.83. The summed E-state index contributed by atoms with van der Waals surface area (Å²) >= 11 is 0. The van der Waals surface area contributed by atoms with Gasteiger partial charge >= 0.3 is 0 Å². The quantitative estimate of drug-likeness (QED) is 0.254. The van der Waals surface area contributed by atoms with Gasteiger partial charge in [-0.15, -0.1) is 6.58 Å². The predicted octanol–water partition coefficient (Wildman–Crippen LogP) is 12.0. The van der Waals surface area contributed by atoms with Crippen molar-refractivity contribution in [2.24, 2.45) is 0 Å². The van der Waals surface area contributed by atoms with Crippen LogP contribution in [0.15, 0.2) is 158 Å². The predicted molar refractivity (Wildman–Crippen MR) is 196 cm³/mol. The first-order valence-corrected chi connectivity index (χ1v) is 15.5. The molecule has 0 saturated carbocycles. The highest BCUT2D eigenvalue weighted by Crippen LogP contribution is 2.41. The van der Waals surface area contributed by atoms with E-state index in [-0.39, 0.29) is 0 Å². The first-order valence-electron chi connectivity index (χ1n) is 15.5. The minimum atomic E-state index is -0.436. The van der Waals surface area contributed by atoms with Crippen LogP contribution in [0.2, 0.25) is 0 Å². The van der Waals surface area contributed by atoms with Crippen LogP contribution < -0.4 is 10.6 Å². The molecule has 2 N–H and O–H groups in total. The zero-order valence-electron chi connectivity index (χ0n) is 27.8. The Morgan fingerprint density at radius 3 is 2.14 bits per heavy atom. The normalized spacial score (nSPS) is 18.2. The lowest BCUT2D eigenvalue weighted by atomic mass is 9.77. The van der Waals surface area contributed by atoms with Gasteiger partial charge in [0.1, 0.15) is 0 Å². The van der Waals surface area contributed by atoms with E-state index in [1.54, 1.807) is 6.08 Å². The highest BCUT2D eigenvalue weighted by atomic mass is 15.0. The average Bonchev–Trinajstić information content (AvgIpc) is 3.10. The Balaban J connectivity index is 0.000000730. The van der Waals surface area contributed by atoms with Gasteiger partial charge in [0.2, 0.25) is 0 Å². The van der Waals surface area contributed by atoms with E-state index in [9.17, 15) is 0 Å². The number of anilines is 2. The van der Waals surface area contributed by atoms with Gasteiger partial charge in [0, 0.05) is 6.20 Å². The van der Waals surface area contributed by atoms with Crippen LogP contribution in [0.4, 0.5) is 11.4 Å². The maximum absolute atomic E-state index is 4.48. The molecule has 1 atom stereocenters. The van der Waals surface area contributed by atoms with Crippen molar-refractivity contribution in [3.05, 3.63) is 169 Å². The molecule has 2 aromatic carbocycles. The third-order valence-corrected chi connectivity index (χ3v) is 7.20. The summed E-state index contributed by atoms with van der Waals surface area (Å²) in [4.78, 5) is 0. The van der Waals surface area contributed by atoms with Gasteiger partial charge in [0.05, 0.1) is 16.9 Å². The summed E-state index contributed by atoms with van der Waals surface area (Å²) in [5.41, 5.74) is 10.4. The summed E-state index contributed by atoms with van der Waals surface area (Å²) in [6, 6.07) is 16.8. The van der Waals surface area contributed by atoms with Crippen LogP contribution in [0.5, 0.6) is 0 Å². The van der Waals surface area contributed by atoms with Gasteiger partial charge in [0.25, 0.3) is 0 Å². The second kappa shape index (κ2) is 19.8. The number of nitrogens with one attached hydrogen (secondary N) is 2. The van der Waals surface area contributed by atoms with E-state index in [1.807, 2.05) is 77.1 Å². The molecule has 2 nitrogen and oxygen atoms in total. The number of hydrogen-bond acceptors (Lipinski definition) is 2. The van der Waals surface area contributed by atoms with E-state index in [0.29, 0.717) is 0 Å². The van der Waals surface area contributed by atoms with Crippen LogP contribution in [0.1, 0.15) is 65.5 Å². The third kappa shape index (κ3) is 10.5. The fourth-order valence-electron chi connectivity index (χ4n) is 4.83. The first kappa shape index (κ1) is 36.7. The van der Waals surface area contributed by atoms with E-state index in [4.69, 9.17) is 0 Å². The molecule has 2 aromatic rings. The van der Waals surface area contributed by atoms with Crippen LogP contribution >= 0.6 is 0 Å². The zero-order chi connectivity index (χ0) is 32.3. The van der Waals surface area contributed by atoms with Crippen molar-refractivity contribution in [2.75, 3.05) is 10.6 Å². The highest BCUT2D eigenvalue weighted by molar-refractivity contribution is 5.74. The second-order valence-electron chi connectivity index (χ2n) is 9.94. The van der Waals surface area contributed by atoms with E-state index in [0.717, 1.165) is 36.2 Å². The number of para-hydroxylation sites is 2. The number of benzene rings is 2. The number of rotatable bonds is 7. The Morgan fingerprint density at radius 2 is 1.53 bits per heavy atom. The molecule has 4 rings (SSSR count). The molecular formula is C41H54N2. The van der Waals surface area contributed by atoms with Crippen molar-refractivity contribution in [1.29, 1.82) is 0 Å². The molecule has 228 valence electrons. The van der Waals surface area contributed by atoms with Crippen molar-refractivity contribution in [3.63, 3.8) is 0 Å². The van der Waals surface area contributed by atoms with Gasteiger partial charge in [-0.25, -0.2) is 0 Å². The third-order valence-electron chi connectivity index (χ3n) is 7.20. The maximum Gasteiger partial charge on any atom is 0.0782 e. The lowest BCUT2D eigenvalue weighted by Gasteiger charge is -2.35. The Morgan fingerprint density at radius 1 is 0.884 bits per heavy atom. The largest absolute Gasteiger partial charge is 0.371 e. The molecule has 2 heteroatoms. The van der Waals surface area contributed by atoms with Crippen molar-refractivity contribution < 1.29 is 0 Å². The van der Waals surface area contributed by atoms with Crippen LogP contribution in [-0.4, -0.2) is 5.54 Å². The molecule has 1 heterocycles. The molecule has 0 bridgehead atoms. The highest BCUT2D eigenvalue weighted by Gasteiger charge is 2.31. The molecule has 1 unspecified atom stereocenters. The van der Waals surface area contributed by atoms with Gasteiger partial charge in [-0.05, 0) is 91.2 Å². The fraction of sp³-hybridized carbons (Fsp3) is 0.268. The number of allylic oxidation sites excluding steroid dienone is 10. The Bertz CT molecular complexity index is 1380. The number of aryl methyl sites for hydroxylation is 1. The van der Waals surface area contributed by atoms with Crippen molar-refractivity contribution in [2.45, 2.75) is 73.3 Å². The molecule has 0 radical (unpaired) electrons. The van der Waals surface area contributed by atoms with Crippen molar-refractivity contribution >= 4 is 11.4 Å². The average molecular weight is 575 g/mol. The Labute approximate surface area is 263 Å². The second-order valence-corrected chi connectivity index (χ2v) is 9.94. The Kier molecular flexibility index (Phi) is 16.9. The minimum Gasteiger partial charge on any atom is -0.371 e. The lowest BCUT2D eigenvalue weighted by molar-refractivity contribution is 0.732. The topological polar surface area (TPSA) is 24.1 Å². The SMILES string of the molecule is C=C/C1=C/Nc2ccccc2NC(C)(C=C)C2=C1CCC(C(=C)Cc1ccccc1C)=C2.C=C/C=C\C=C/C.CC.CC. The van der Waals surface area contributed by atoms with Gasteiger partial charge in [-0.2, -0.15) is 0 Å². The summed E-state index contributed by atoms with van der Waals surface area (Å²) in [5.74, 6) is 0. The maximum atomic E-state index is 4.48. The number of fused-ring (bicyclic) bond motifs is 1. The van der Waals surface area contributed by atoms with Crippen LogP contribution in [0.3, 0.4) is 0 Å². The summed E-state index contributed by atoms with van der Waals surface area (Å²) in [5, 5.41) is 7.22. The van der Waals surface area contributed by atoms with Crippen molar-refractivity contribution in [3.8, 4) is 0 Å². The van der Waals surface area contributed by atoms with E-state index < -0.39 is 5.54 Å². The summed E-state index contributed by atoms with van der Waals surface area (Å²) in [6.07, 6.45) is 20.6. The molecule has 0 fully saturated rings. The minimum absolute atomic E-state index is 0.436. The van der Waals surface area contributed by atoms with E-state index in [2.05, 4.69) is 106 Å². The molecule has 43 heavy (non-hydrogen) atoms. The molecule has 0 spiro atoms. The molecule has 1 aliphatic carbocycles. The first-order chi connectivity index (χ1) is 20.9. The molecule has 0 saturated heterocycles. The molecule has 2 aliphatic rings. The van der Waals surface area contributed by atoms with Crippen LogP contribution in [0.25, 0.3) is 0 Å². The molecular weight excluding hydrogens is 520 g/mol. The summed E-state index contributed by atoms with van der Waals surface area (Å²) in [6.45, 7) is 30.6. The monoisotopic (exact) mass is 574 g/mol. The van der Waals surface area contributed by atoms with Gasteiger partial charge in [0.15, 0.2) is 0 Å². The van der Waals surface area contributed by atoms with Crippen LogP contribution in [0, 0.1) is 6.92 Å². The van der Waals surface area contributed by atoms with Crippen molar-refractivity contribution in [1.82, 2.24) is 0 Å².